The number of aromatic nitrogens is 6. The van der Waals surface area contributed by atoms with E-state index in [9.17, 15) is 29.7 Å². The van der Waals surface area contributed by atoms with Crippen molar-refractivity contribution in [3.8, 4) is 0 Å². The lowest BCUT2D eigenvalue weighted by Gasteiger charge is -2.25. The molecule has 16 heteroatoms. The van der Waals surface area contributed by atoms with Crippen LogP contribution in [0.3, 0.4) is 0 Å². The maximum absolute atomic E-state index is 12.5. The number of carboxylic acids is 3. The maximum atomic E-state index is 12.5. The summed E-state index contributed by atoms with van der Waals surface area (Å²) >= 11 is 0. The molecule has 332 valence electrons. The highest BCUT2D eigenvalue weighted by molar-refractivity contribution is 5.83. The minimum atomic E-state index is -0.844. The molecule has 0 spiro atoms. The number of nitrogens with zero attached hydrogens (tertiary/aromatic N) is 7. The zero-order valence-electron chi connectivity index (χ0n) is 35.7. The van der Waals surface area contributed by atoms with Gasteiger partial charge in [-0.1, -0.05) is 54.6 Å². The van der Waals surface area contributed by atoms with Gasteiger partial charge < -0.3 is 31.3 Å². The van der Waals surface area contributed by atoms with Crippen molar-refractivity contribution in [3.05, 3.63) is 107 Å². The first kappa shape index (κ1) is 43.2. The van der Waals surface area contributed by atoms with E-state index in [0.29, 0.717) is 56.7 Å². The predicted molar refractivity (Wildman–Crippen MR) is 239 cm³/mol. The Hall–Kier alpha value is -6.07. The summed E-state index contributed by atoms with van der Waals surface area (Å²) < 4.78 is 0. The molecule has 9 rings (SSSR count). The lowest BCUT2D eigenvalue weighted by Crippen LogP contribution is -2.28. The van der Waals surface area contributed by atoms with Gasteiger partial charge in [0.1, 0.15) is 17.5 Å². The summed E-state index contributed by atoms with van der Waals surface area (Å²) in [6.07, 6.45) is 8.40. The van der Waals surface area contributed by atoms with Gasteiger partial charge in [-0.25, -0.2) is 29.9 Å². The topological polar surface area (TPSA) is 229 Å². The van der Waals surface area contributed by atoms with Gasteiger partial charge in [-0.05, 0) is 93.0 Å². The fourth-order valence-electron chi connectivity index (χ4n) is 10.0. The molecule has 3 aromatic heterocycles. The molecule has 6 aromatic rings. The van der Waals surface area contributed by atoms with Crippen molar-refractivity contribution in [2.45, 2.75) is 58.2 Å². The average molecular weight is 867 g/mol. The molecule has 16 nitrogen and oxygen atoms in total. The molecule has 0 aliphatic carbocycles. The normalized spacial score (nSPS) is 20.3. The monoisotopic (exact) mass is 866 g/mol. The SMILES string of the molecule is O=C(O)[C@@H](Cc1ncc2cccc(CN(Cc3cccc4cnc(C[C@H](C(=O)O)[C@H]5CCNC5)nc34)Cc3cccc4cnc(C[C@H](C(=O)O)[C@H]5CCNC5)nc34)c2n1)[C@H]1CCNC1. The first-order valence-electron chi connectivity index (χ1n) is 22.4. The summed E-state index contributed by atoms with van der Waals surface area (Å²) in [6.45, 7) is 5.67. The van der Waals surface area contributed by atoms with Crippen LogP contribution < -0.4 is 16.0 Å². The fourth-order valence-corrected chi connectivity index (χ4v) is 10.0. The molecular weight excluding hydrogens is 813 g/mol. The zero-order chi connectivity index (χ0) is 44.2. The van der Waals surface area contributed by atoms with Crippen LogP contribution >= 0.6 is 0 Å². The van der Waals surface area contributed by atoms with Gasteiger partial charge in [0.2, 0.25) is 0 Å². The smallest absolute Gasteiger partial charge is 0.307 e. The van der Waals surface area contributed by atoms with Crippen molar-refractivity contribution < 1.29 is 29.7 Å². The molecule has 64 heavy (non-hydrogen) atoms. The third-order valence-corrected chi connectivity index (χ3v) is 13.6. The molecule has 3 aliphatic heterocycles. The molecule has 0 unspecified atom stereocenters. The highest BCUT2D eigenvalue weighted by Crippen LogP contribution is 2.30. The number of rotatable bonds is 18. The van der Waals surface area contributed by atoms with Crippen molar-refractivity contribution in [1.29, 1.82) is 0 Å². The Kier molecular flexibility index (Phi) is 13.1. The number of benzene rings is 3. The van der Waals surface area contributed by atoms with Crippen LogP contribution in [0.2, 0.25) is 0 Å². The number of hydrogen-bond acceptors (Lipinski definition) is 13. The highest BCUT2D eigenvalue weighted by Gasteiger charge is 2.34. The first-order valence-corrected chi connectivity index (χ1v) is 22.4. The van der Waals surface area contributed by atoms with Crippen LogP contribution in [0.5, 0.6) is 0 Å². The molecule has 3 aromatic carbocycles. The molecule has 0 bridgehead atoms. The summed E-state index contributed by atoms with van der Waals surface area (Å²) in [7, 11) is 0. The van der Waals surface area contributed by atoms with Crippen LogP contribution in [0.1, 0.15) is 53.4 Å². The highest BCUT2D eigenvalue weighted by atomic mass is 16.4. The van der Waals surface area contributed by atoms with Gasteiger partial charge in [0, 0.05) is 73.6 Å². The van der Waals surface area contributed by atoms with Gasteiger partial charge in [-0.15, -0.1) is 0 Å². The van der Waals surface area contributed by atoms with E-state index in [1.54, 1.807) is 18.6 Å². The van der Waals surface area contributed by atoms with Crippen LogP contribution in [-0.4, -0.2) is 107 Å². The van der Waals surface area contributed by atoms with Gasteiger partial charge in [-0.2, -0.15) is 0 Å². The number of aliphatic carboxylic acids is 3. The number of para-hydroxylation sites is 3. The van der Waals surface area contributed by atoms with Crippen molar-refractivity contribution >= 4 is 50.6 Å². The predicted octanol–water partition coefficient (Wildman–Crippen LogP) is 4.28. The second kappa shape index (κ2) is 19.4. The summed E-state index contributed by atoms with van der Waals surface area (Å²) in [4.78, 5) is 68.7. The lowest BCUT2D eigenvalue weighted by atomic mass is 9.88. The molecule has 3 fully saturated rings. The molecular formula is C48H54N10O6. The Balaban J connectivity index is 1.08. The van der Waals surface area contributed by atoms with E-state index in [1.165, 1.54) is 0 Å². The minimum absolute atomic E-state index is 0.00188. The summed E-state index contributed by atoms with van der Waals surface area (Å²) in [6, 6.07) is 18.0. The quantitative estimate of drug-likeness (QED) is 0.0709. The van der Waals surface area contributed by atoms with E-state index >= 15 is 0 Å². The van der Waals surface area contributed by atoms with Crippen molar-refractivity contribution in [2.24, 2.45) is 35.5 Å². The van der Waals surface area contributed by atoms with Crippen LogP contribution in [0, 0.1) is 35.5 Å². The van der Waals surface area contributed by atoms with Crippen molar-refractivity contribution in [1.82, 2.24) is 50.8 Å². The Labute approximate surface area is 370 Å². The van der Waals surface area contributed by atoms with E-state index in [0.717, 1.165) is 88.3 Å². The van der Waals surface area contributed by atoms with E-state index in [-0.39, 0.29) is 37.0 Å². The first-order chi connectivity index (χ1) is 31.2. The molecule has 6 heterocycles. The zero-order valence-corrected chi connectivity index (χ0v) is 35.7. The number of hydrogen-bond donors (Lipinski definition) is 6. The van der Waals surface area contributed by atoms with Gasteiger partial charge >= 0.3 is 17.9 Å². The molecule has 6 N–H and O–H groups in total. The standard InChI is InChI=1S/C48H54N10O6/c59-46(60)37(28-10-13-49-19-28)16-40-52-22-31-4-1-7-34(43(31)55-40)25-58(26-35-8-2-5-32-23-53-41(56-44(32)35)17-38(47(61)62)29-11-14-50-20-29)27-36-9-3-6-33-24-54-42(57-45(33)36)18-39(48(63)64)30-12-15-51-21-30/h1-9,22-24,28-30,37-39,49-51H,10-21,25-27H2,(H,59,60)(H,61,62)(H,63,64)/t28-,29-,30-,37-,38-,39-/m0/s1. The van der Waals surface area contributed by atoms with E-state index in [1.807, 2.05) is 54.6 Å². The Bertz CT molecular complexity index is 2380. The molecule has 0 radical (unpaired) electrons. The van der Waals surface area contributed by atoms with Crippen LogP contribution in [0.4, 0.5) is 0 Å². The van der Waals surface area contributed by atoms with Gasteiger partial charge in [-0.3, -0.25) is 19.3 Å². The van der Waals surface area contributed by atoms with Gasteiger partial charge in [0.15, 0.2) is 0 Å². The molecule has 6 atom stereocenters. The summed E-state index contributed by atoms with van der Waals surface area (Å²) in [5, 5.41) is 43.1. The number of nitrogens with one attached hydrogen (secondary N) is 3. The Morgan fingerprint density at radius 2 is 0.828 bits per heavy atom. The lowest BCUT2D eigenvalue weighted by molar-refractivity contribution is -0.144. The number of fused-ring (bicyclic) bond motifs is 3. The van der Waals surface area contributed by atoms with Crippen LogP contribution in [0.25, 0.3) is 32.7 Å². The van der Waals surface area contributed by atoms with Gasteiger partial charge in [0.25, 0.3) is 0 Å². The van der Waals surface area contributed by atoms with E-state index in [4.69, 9.17) is 15.0 Å². The average Bonchev–Trinajstić information content (AvgIpc) is 4.13. The molecule has 3 aliphatic rings. The minimum Gasteiger partial charge on any atom is -0.481 e. The Morgan fingerprint density at radius 3 is 1.09 bits per heavy atom. The van der Waals surface area contributed by atoms with E-state index in [2.05, 4.69) is 35.8 Å². The Morgan fingerprint density at radius 1 is 0.516 bits per heavy atom. The summed E-state index contributed by atoms with van der Waals surface area (Å²) in [5.74, 6) is -2.87. The summed E-state index contributed by atoms with van der Waals surface area (Å²) in [5.41, 5.74) is 5.05. The van der Waals surface area contributed by atoms with Gasteiger partial charge in [0.05, 0.1) is 34.3 Å². The van der Waals surface area contributed by atoms with Crippen LogP contribution in [-0.2, 0) is 53.3 Å². The molecule has 3 saturated heterocycles. The second-order valence-electron chi connectivity index (χ2n) is 17.8. The third-order valence-electron chi connectivity index (χ3n) is 13.6. The number of carboxylic acid groups (broad SMARTS) is 3. The number of carbonyl (C=O) groups is 3. The largest absolute Gasteiger partial charge is 0.481 e. The third kappa shape index (κ3) is 9.70. The fraction of sp³-hybridized carbons (Fsp3) is 0.438. The molecule has 0 amide bonds. The van der Waals surface area contributed by atoms with Crippen LogP contribution in [0.15, 0.2) is 73.2 Å². The van der Waals surface area contributed by atoms with E-state index < -0.39 is 35.7 Å². The molecule has 0 saturated carbocycles. The second-order valence-corrected chi connectivity index (χ2v) is 17.8. The van der Waals surface area contributed by atoms with Crippen molar-refractivity contribution in [2.75, 3.05) is 39.3 Å². The maximum Gasteiger partial charge on any atom is 0.307 e. The van der Waals surface area contributed by atoms with Crippen molar-refractivity contribution in [3.63, 3.8) is 0 Å².